The third-order valence-corrected chi connectivity index (χ3v) is 4.93. The smallest absolute Gasteiger partial charge is 0.341 e. The van der Waals surface area contributed by atoms with Gasteiger partial charge >= 0.3 is 5.97 Å². The predicted molar refractivity (Wildman–Crippen MR) is 103 cm³/mol. The molecule has 0 radical (unpaired) electrons. The van der Waals surface area contributed by atoms with Crippen LogP contribution in [0, 0.1) is 13.8 Å². The summed E-state index contributed by atoms with van der Waals surface area (Å²) in [5.41, 5.74) is 2.62. The molecule has 0 aliphatic carbocycles. The number of thiophene rings is 1. The molecule has 0 fully saturated rings. The molecule has 1 N–H and O–H groups in total. The van der Waals surface area contributed by atoms with Crippen molar-refractivity contribution < 1.29 is 14.3 Å². The number of esters is 1. The summed E-state index contributed by atoms with van der Waals surface area (Å²) in [7, 11) is 1.88. The standard InChI is InChI=1S/C18H26N4O3S/c1-6-22-13(4)14(9-19-22)10-21(5)11-16(23)20-17-15(8-12(3)26-17)18(24)25-7-2/h8-9H,6-7,10-11H2,1-5H3,(H,20,23). The Morgan fingerprint density at radius 1 is 1.35 bits per heavy atom. The average Bonchev–Trinajstić information content (AvgIpc) is 3.10. The third-order valence-electron chi connectivity index (χ3n) is 3.96. The number of amides is 1. The van der Waals surface area contributed by atoms with Crippen molar-refractivity contribution in [2.24, 2.45) is 0 Å². The quantitative estimate of drug-likeness (QED) is 0.715. The molecule has 1 amide bonds. The SMILES string of the molecule is CCOC(=O)c1cc(C)sc1NC(=O)CN(C)Cc1cnn(CC)c1C. The van der Waals surface area contributed by atoms with E-state index >= 15 is 0 Å². The zero-order valence-corrected chi connectivity index (χ0v) is 16.8. The monoisotopic (exact) mass is 378 g/mol. The van der Waals surface area contributed by atoms with Crippen molar-refractivity contribution in [1.82, 2.24) is 14.7 Å². The van der Waals surface area contributed by atoms with Crippen LogP contribution < -0.4 is 5.32 Å². The third kappa shape index (κ3) is 4.92. The van der Waals surface area contributed by atoms with Crippen molar-refractivity contribution in [2.45, 2.75) is 40.8 Å². The molecular formula is C18H26N4O3S. The number of hydrogen-bond acceptors (Lipinski definition) is 6. The van der Waals surface area contributed by atoms with E-state index in [9.17, 15) is 9.59 Å². The Morgan fingerprint density at radius 2 is 2.08 bits per heavy atom. The van der Waals surface area contributed by atoms with E-state index in [1.165, 1.54) is 11.3 Å². The Morgan fingerprint density at radius 3 is 2.69 bits per heavy atom. The van der Waals surface area contributed by atoms with E-state index in [1.54, 1.807) is 13.0 Å². The van der Waals surface area contributed by atoms with Crippen LogP contribution in [0.1, 0.15) is 40.3 Å². The van der Waals surface area contributed by atoms with Gasteiger partial charge < -0.3 is 10.1 Å². The van der Waals surface area contributed by atoms with Crippen LogP contribution in [0.3, 0.4) is 0 Å². The highest BCUT2D eigenvalue weighted by Gasteiger charge is 2.19. The van der Waals surface area contributed by atoms with Crippen LogP contribution in [0.15, 0.2) is 12.3 Å². The highest BCUT2D eigenvalue weighted by atomic mass is 32.1. The number of likely N-dealkylation sites (N-methyl/N-ethyl adjacent to an activating group) is 1. The first-order valence-corrected chi connectivity index (χ1v) is 9.44. The van der Waals surface area contributed by atoms with Gasteiger partial charge in [-0.1, -0.05) is 0 Å². The lowest BCUT2D eigenvalue weighted by Crippen LogP contribution is -2.30. The summed E-state index contributed by atoms with van der Waals surface area (Å²) in [5, 5.41) is 7.70. The van der Waals surface area contributed by atoms with Crippen LogP contribution in [0.5, 0.6) is 0 Å². The van der Waals surface area contributed by atoms with Gasteiger partial charge in [0.25, 0.3) is 0 Å². The molecule has 0 bridgehead atoms. The second-order valence-electron chi connectivity index (χ2n) is 6.11. The Labute approximate surface area is 157 Å². The van der Waals surface area contributed by atoms with Gasteiger partial charge in [-0.3, -0.25) is 14.4 Å². The number of carbonyl (C=O) groups is 2. The summed E-state index contributed by atoms with van der Waals surface area (Å²) >= 11 is 1.37. The van der Waals surface area contributed by atoms with Gasteiger partial charge in [0.2, 0.25) is 5.91 Å². The normalized spacial score (nSPS) is 11.0. The van der Waals surface area contributed by atoms with E-state index in [0.29, 0.717) is 23.7 Å². The van der Waals surface area contributed by atoms with Crippen LogP contribution in [-0.4, -0.2) is 46.8 Å². The molecule has 0 saturated heterocycles. The van der Waals surface area contributed by atoms with Gasteiger partial charge in [-0.2, -0.15) is 5.10 Å². The topological polar surface area (TPSA) is 76.5 Å². The fourth-order valence-corrected chi connectivity index (χ4v) is 3.60. The summed E-state index contributed by atoms with van der Waals surface area (Å²) in [6.07, 6.45) is 1.84. The van der Waals surface area contributed by atoms with Crippen molar-refractivity contribution in [3.8, 4) is 0 Å². The molecule has 0 aromatic carbocycles. The molecule has 8 heteroatoms. The molecule has 2 heterocycles. The minimum absolute atomic E-state index is 0.166. The number of carbonyl (C=O) groups excluding carboxylic acids is 2. The number of nitrogens with one attached hydrogen (secondary N) is 1. The lowest BCUT2D eigenvalue weighted by Gasteiger charge is -2.16. The molecule has 0 atom stereocenters. The fourth-order valence-electron chi connectivity index (χ4n) is 2.68. The van der Waals surface area contributed by atoms with Crippen molar-refractivity contribution >= 4 is 28.2 Å². The minimum atomic E-state index is -0.414. The molecule has 2 aromatic rings. The second-order valence-corrected chi connectivity index (χ2v) is 7.37. The zero-order valence-electron chi connectivity index (χ0n) is 16.0. The molecule has 2 aromatic heterocycles. The lowest BCUT2D eigenvalue weighted by molar-refractivity contribution is -0.117. The largest absolute Gasteiger partial charge is 0.462 e. The number of ether oxygens (including phenoxy) is 1. The van der Waals surface area contributed by atoms with Gasteiger partial charge in [0, 0.05) is 29.2 Å². The lowest BCUT2D eigenvalue weighted by atomic mass is 10.2. The maximum Gasteiger partial charge on any atom is 0.341 e. The molecule has 0 unspecified atom stereocenters. The molecule has 0 saturated carbocycles. The minimum Gasteiger partial charge on any atom is -0.462 e. The first-order chi connectivity index (χ1) is 12.3. The van der Waals surface area contributed by atoms with Gasteiger partial charge in [-0.25, -0.2) is 4.79 Å². The predicted octanol–water partition coefficient (Wildman–Crippen LogP) is 2.83. The van der Waals surface area contributed by atoms with Crippen LogP contribution >= 0.6 is 11.3 Å². The van der Waals surface area contributed by atoms with E-state index < -0.39 is 5.97 Å². The summed E-state index contributed by atoms with van der Waals surface area (Å²) in [6, 6.07) is 1.74. The number of hydrogen-bond donors (Lipinski definition) is 1. The van der Waals surface area contributed by atoms with Crippen molar-refractivity contribution in [3.63, 3.8) is 0 Å². The Balaban J connectivity index is 1.98. The maximum atomic E-state index is 12.4. The van der Waals surface area contributed by atoms with Gasteiger partial charge in [0.15, 0.2) is 0 Å². The highest BCUT2D eigenvalue weighted by molar-refractivity contribution is 7.16. The molecule has 0 aliphatic heterocycles. The van der Waals surface area contributed by atoms with Gasteiger partial charge in [0.05, 0.1) is 24.9 Å². The van der Waals surface area contributed by atoms with Gasteiger partial charge in [0.1, 0.15) is 5.00 Å². The van der Waals surface area contributed by atoms with E-state index in [0.717, 1.165) is 22.7 Å². The van der Waals surface area contributed by atoms with Crippen molar-refractivity contribution in [1.29, 1.82) is 0 Å². The van der Waals surface area contributed by atoms with Crippen molar-refractivity contribution in [3.05, 3.63) is 34.0 Å². The Hall–Kier alpha value is -2.19. The van der Waals surface area contributed by atoms with E-state index in [-0.39, 0.29) is 12.5 Å². The summed E-state index contributed by atoms with van der Waals surface area (Å²) in [4.78, 5) is 27.3. The van der Waals surface area contributed by atoms with Crippen LogP contribution in [0.25, 0.3) is 0 Å². The second kappa shape index (κ2) is 8.95. The highest BCUT2D eigenvalue weighted by Crippen LogP contribution is 2.28. The van der Waals surface area contributed by atoms with E-state index in [4.69, 9.17) is 4.74 Å². The first-order valence-electron chi connectivity index (χ1n) is 8.62. The Bertz CT molecular complexity index is 781. The number of aromatic nitrogens is 2. The number of nitrogens with zero attached hydrogens (tertiary/aromatic N) is 3. The average molecular weight is 378 g/mol. The first kappa shape index (κ1) is 20.1. The molecule has 0 spiro atoms. The zero-order chi connectivity index (χ0) is 19.3. The van der Waals surface area contributed by atoms with E-state index in [1.807, 2.05) is 43.6 Å². The van der Waals surface area contributed by atoms with Crippen LogP contribution in [0.4, 0.5) is 5.00 Å². The Kier molecular flexibility index (Phi) is 6.93. The number of rotatable bonds is 8. The van der Waals surface area contributed by atoms with Crippen LogP contribution in [-0.2, 0) is 22.6 Å². The van der Waals surface area contributed by atoms with Crippen LogP contribution in [0.2, 0.25) is 0 Å². The molecule has 2 rings (SSSR count). The fraction of sp³-hybridized carbons (Fsp3) is 0.500. The molecule has 0 aliphatic rings. The summed E-state index contributed by atoms with van der Waals surface area (Å²) in [5.74, 6) is -0.580. The van der Waals surface area contributed by atoms with Crippen molar-refractivity contribution in [2.75, 3.05) is 25.5 Å². The number of aryl methyl sites for hydroxylation is 2. The van der Waals surface area contributed by atoms with Gasteiger partial charge in [-0.15, -0.1) is 11.3 Å². The maximum absolute atomic E-state index is 12.4. The summed E-state index contributed by atoms with van der Waals surface area (Å²) in [6.45, 7) is 9.70. The molecule has 142 valence electrons. The molecule has 26 heavy (non-hydrogen) atoms. The molecule has 7 nitrogen and oxygen atoms in total. The van der Waals surface area contributed by atoms with E-state index in [2.05, 4.69) is 10.4 Å². The van der Waals surface area contributed by atoms with Gasteiger partial charge in [-0.05, 0) is 40.8 Å². The molecular weight excluding hydrogens is 352 g/mol. The summed E-state index contributed by atoms with van der Waals surface area (Å²) < 4.78 is 6.98. The number of anilines is 1.